The Morgan fingerprint density at radius 2 is 2.21 bits per heavy atom. The molecule has 3 rings (SSSR count). The van der Waals surface area contributed by atoms with E-state index in [2.05, 4.69) is 42.6 Å². The lowest BCUT2D eigenvalue weighted by atomic mass is 10.1. The van der Waals surface area contributed by atoms with Crippen LogP contribution in [0.4, 0.5) is 0 Å². The number of nitrogens with zero attached hydrogens (tertiary/aromatic N) is 5. The van der Waals surface area contributed by atoms with Gasteiger partial charge in [0.05, 0.1) is 12.2 Å². The van der Waals surface area contributed by atoms with E-state index >= 15 is 0 Å². The van der Waals surface area contributed by atoms with Crippen LogP contribution in [0.3, 0.4) is 0 Å². The van der Waals surface area contributed by atoms with Crippen molar-refractivity contribution in [2.75, 3.05) is 0 Å². The Morgan fingerprint density at radius 3 is 2.95 bits per heavy atom. The van der Waals surface area contributed by atoms with Gasteiger partial charge in [0, 0.05) is 12.4 Å². The van der Waals surface area contributed by atoms with Crippen molar-refractivity contribution in [2.45, 2.75) is 13.0 Å². The van der Waals surface area contributed by atoms with E-state index in [9.17, 15) is 0 Å². The minimum atomic E-state index is 0.0208. The number of halogens is 2. The zero-order valence-electron chi connectivity index (χ0n) is 9.96. The van der Waals surface area contributed by atoms with Crippen LogP contribution in [0.1, 0.15) is 18.5 Å². The Balaban J connectivity index is 2.17. The Kier molecular flexibility index (Phi) is 3.36. The molecule has 0 bridgehead atoms. The molecule has 0 aromatic carbocycles. The Hall–Kier alpha value is -1.28. The van der Waals surface area contributed by atoms with Crippen molar-refractivity contribution in [1.82, 2.24) is 24.7 Å². The summed E-state index contributed by atoms with van der Waals surface area (Å²) >= 11 is 8.07. The summed E-state index contributed by atoms with van der Waals surface area (Å²) in [7, 11) is 0. The van der Waals surface area contributed by atoms with Gasteiger partial charge in [-0.05, 0) is 41.1 Å². The highest BCUT2D eigenvalue weighted by atomic mass is 127. The van der Waals surface area contributed by atoms with Crippen LogP contribution in [-0.2, 0) is 0 Å². The van der Waals surface area contributed by atoms with Crippen LogP contribution in [0.2, 0.25) is 5.15 Å². The average Bonchev–Trinajstić information content (AvgIpc) is 2.75. The number of hydrogen-bond donors (Lipinski definition) is 0. The lowest BCUT2D eigenvalue weighted by Crippen LogP contribution is -2.09. The Morgan fingerprint density at radius 1 is 1.37 bits per heavy atom. The van der Waals surface area contributed by atoms with Crippen molar-refractivity contribution in [3.05, 3.63) is 45.1 Å². The largest absolute Gasteiger partial charge is 0.264 e. The van der Waals surface area contributed by atoms with Crippen molar-refractivity contribution < 1.29 is 0 Å². The van der Waals surface area contributed by atoms with Crippen LogP contribution in [0.5, 0.6) is 0 Å². The van der Waals surface area contributed by atoms with Crippen LogP contribution in [0.15, 0.2) is 30.7 Å². The summed E-state index contributed by atoms with van der Waals surface area (Å²) in [6.07, 6.45) is 5.10. The van der Waals surface area contributed by atoms with E-state index in [-0.39, 0.29) is 6.04 Å². The molecule has 0 fully saturated rings. The molecule has 0 aliphatic rings. The summed E-state index contributed by atoms with van der Waals surface area (Å²) in [6.45, 7) is 2.04. The van der Waals surface area contributed by atoms with Crippen LogP contribution < -0.4 is 0 Å². The van der Waals surface area contributed by atoms with Gasteiger partial charge in [-0.3, -0.25) is 4.98 Å². The molecular formula is C12H9ClIN5. The third kappa shape index (κ3) is 2.30. The number of hydrogen-bond acceptors (Lipinski definition) is 4. The number of aromatic nitrogens is 5. The summed E-state index contributed by atoms with van der Waals surface area (Å²) in [6, 6.07) is 3.93. The molecule has 7 heteroatoms. The van der Waals surface area contributed by atoms with Crippen LogP contribution in [0.25, 0.3) is 11.2 Å². The van der Waals surface area contributed by atoms with E-state index < -0.39 is 0 Å². The van der Waals surface area contributed by atoms with E-state index in [0.717, 1.165) is 14.8 Å². The number of pyridine rings is 1. The number of fused-ring (bicyclic) bond motifs is 1. The van der Waals surface area contributed by atoms with Gasteiger partial charge in [0.1, 0.15) is 10.7 Å². The second kappa shape index (κ2) is 5.01. The maximum Gasteiger partial charge on any atom is 0.180 e. The van der Waals surface area contributed by atoms with Crippen molar-refractivity contribution >= 4 is 45.4 Å². The summed E-state index contributed by atoms with van der Waals surface area (Å²) in [5.41, 5.74) is 2.51. The lowest BCUT2D eigenvalue weighted by Gasteiger charge is -2.12. The molecule has 0 aliphatic carbocycles. The average molecular weight is 386 g/mol. The van der Waals surface area contributed by atoms with E-state index in [4.69, 9.17) is 11.6 Å². The van der Waals surface area contributed by atoms with Gasteiger partial charge in [-0.25, -0.2) is 14.6 Å². The van der Waals surface area contributed by atoms with Crippen LogP contribution in [-0.4, -0.2) is 24.7 Å². The highest BCUT2D eigenvalue weighted by Gasteiger charge is 2.17. The summed E-state index contributed by atoms with van der Waals surface area (Å²) in [4.78, 5) is 12.7. The van der Waals surface area contributed by atoms with E-state index in [1.807, 2.05) is 29.9 Å². The highest BCUT2D eigenvalue weighted by Crippen LogP contribution is 2.24. The fourth-order valence-corrected chi connectivity index (χ4v) is 2.63. The first kappa shape index (κ1) is 12.7. The first-order valence-electron chi connectivity index (χ1n) is 5.63. The molecule has 96 valence electrons. The zero-order valence-corrected chi connectivity index (χ0v) is 12.9. The molecular weight excluding hydrogens is 377 g/mol. The normalized spacial score (nSPS) is 12.8. The lowest BCUT2D eigenvalue weighted by molar-refractivity contribution is 0.574. The molecule has 19 heavy (non-hydrogen) atoms. The first-order valence-corrected chi connectivity index (χ1v) is 7.08. The molecule has 0 saturated heterocycles. The smallest absolute Gasteiger partial charge is 0.180 e. The molecule has 0 radical (unpaired) electrons. The van der Waals surface area contributed by atoms with Crippen molar-refractivity contribution in [3.63, 3.8) is 0 Å². The Labute approximate surface area is 128 Å². The second-order valence-corrected chi connectivity index (χ2v) is 5.47. The minimum absolute atomic E-state index is 0.0208. The summed E-state index contributed by atoms with van der Waals surface area (Å²) in [5.74, 6) is 0. The second-order valence-electron chi connectivity index (χ2n) is 4.06. The van der Waals surface area contributed by atoms with Gasteiger partial charge in [0.2, 0.25) is 0 Å². The predicted octanol–water partition coefficient (Wildman–Crippen LogP) is 3.09. The molecule has 3 heterocycles. The highest BCUT2D eigenvalue weighted by molar-refractivity contribution is 14.1. The van der Waals surface area contributed by atoms with Gasteiger partial charge in [0.25, 0.3) is 0 Å². The molecule has 0 amide bonds. The van der Waals surface area contributed by atoms with Crippen LogP contribution in [0, 0.1) is 3.70 Å². The molecule has 0 saturated carbocycles. The molecule has 0 aliphatic heterocycles. The maximum absolute atomic E-state index is 5.92. The van der Waals surface area contributed by atoms with Crippen molar-refractivity contribution in [2.24, 2.45) is 0 Å². The minimum Gasteiger partial charge on any atom is -0.264 e. The summed E-state index contributed by atoms with van der Waals surface area (Å²) < 4.78 is 2.64. The van der Waals surface area contributed by atoms with E-state index in [1.165, 1.54) is 6.20 Å². The van der Waals surface area contributed by atoms with Gasteiger partial charge in [-0.15, -0.1) is 0 Å². The van der Waals surface area contributed by atoms with Crippen molar-refractivity contribution in [1.29, 1.82) is 0 Å². The molecule has 5 nitrogen and oxygen atoms in total. The van der Waals surface area contributed by atoms with Gasteiger partial charge >= 0.3 is 0 Å². The predicted molar refractivity (Wildman–Crippen MR) is 81.1 cm³/mol. The van der Waals surface area contributed by atoms with Gasteiger partial charge in [-0.1, -0.05) is 17.7 Å². The fourth-order valence-electron chi connectivity index (χ4n) is 1.89. The quantitative estimate of drug-likeness (QED) is 0.636. The number of rotatable bonds is 2. The van der Waals surface area contributed by atoms with Gasteiger partial charge in [-0.2, -0.15) is 5.10 Å². The molecule has 0 spiro atoms. The van der Waals surface area contributed by atoms with Gasteiger partial charge in [0.15, 0.2) is 9.35 Å². The monoisotopic (exact) mass is 385 g/mol. The van der Waals surface area contributed by atoms with E-state index in [0.29, 0.717) is 10.8 Å². The van der Waals surface area contributed by atoms with Gasteiger partial charge < -0.3 is 0 Å². The fraction of sp³-hybridized carbons (Fsp3) is 0.167. The molecule has 0 unspecified atom stereocenters. The third-order valence-electron chi connectivity index (χ3n) is 2.87. The zero-order chi connectivity index (χ0) is 13.4. The molecule has 0 N–H and O–H groups in total. The topological polar surface area (TPSA) is 56.5 Å². The third-order valence-corrected chi connectivity index (χ3v) is 3.78. The Bertz CT molecular complexity index is 728. The summed E-state index contributed by atoms with van der Waals surface area (Å²) in [5, 5.41) is 4.86. The molecule has 3 aromatic heterocycles. The molecule has 1 atom stereocenters. The van der Waals surface area contributed by atoms with Crippen molar-refractivity contribution in [3.8, 4) is 0 Å². The standard InChI is InChI=1S/C12H9ClIN5/c1-7(8-3-2-4-15-5-8)19-12-10(11(14)18-19)16-6-9(13)17-12/h2-7H,1H3/t7-/m0/s1. The molecule has 3 aromatic rings. The first-order chi connectivity index (χ1) is 9.16. The van der Waals surface area contributed by atoms with Crippen LogP contribution >= 0.6 is 34.2 Å². The maximum atomic E-state index is 5.92. The SMILES string of the molecule is C[C@@H](c1cccnc1)n1nc(I)c2ncc(Cl)nc21. The van der Waals surface area contributed by atoms with E-state index in [1.54, 1.807) is 6.20 Å².